The van der Waals surface area contributed by atoms with E-state index in [1.807, 2.05) is 30.3 Å². The van der Waals surface area contributed by atoms with Crippen LogP contribution in [0.4, 0.5) is 21.6 Å². The maximum absolute atomic E-state index is 15.5. The van der Waals surface area contributed by atoms with E-state index >= 15 is 4.39 Å². The molecule has 1 fully saturated rings. The Morgan fingerprint density at radius 1 is 1.04 bits per heavy atom. The second kappa shape index (κ2) is 11.9. The van der Waals surface area contributed by atoms with Crippen molar-refractivity contribution in [1.82, 2.24) is 19.0 Å². The standard InChI is InChI=1S/C35H37FN6O4/c1-21(43)46-20-28-27(15-25(36)16-31(28)42-13-12-41-30-7-5-4-6-23(30)14-32(41)34(42)44)29-19-40(3)35(45)33(38-29)37-26-10-8-22(9-11-26)24-17-39(2)18-24/h8-11,14-16,19,24H,4-7,12-13,17-18,20H2,1-3H3,(H,37,38). The highest BCUT2D eigenvalue weighted by molar-refractivity contribution is 6.07. The van der Waals surface area contributed by atoms with Crippen molar-refractivity contribution in [2.45, 2.75) is 51.7 Å². The van der Waals surface area contributed by atoms with E-state index in [0.717, 1.165) is 38.8 Å². The third-order valence-electron chi connectivity index (χ3n) is 9.38. The SMILES string of the molecule is CC(=O)OCc1c(-c2cn(C)c(=O)c(Nc3ccc(C4CN(C)C4)cc3)n2)cc(F)cc1N1CCn2c(cc3c2CCCC3)C1=O. The number of fused-ring (bicyclic) bond motifs is 3. The van der Waals surface area contributed by atoms with E-state index in [2.05, 4.69) is 26.8 Å². The van der Waals surface area contributed by atoms with Gasteiger partial charge in [-0.1, -0.05) is 12.1 Å². The topological polar surface area (TPSA) is 102 Å². The Kier molecular flexibility index (Phi) is 7.72. The Morgan fingerprint density at radius 3 is 2.54 bits per heavy atom. The fraction of sp³-hybridized carbons (Fsp3) is 0.371. The first-order valence-electron chi connectivity index (χ1n) is 15.8. The van der Waals surface area contributed by atoms with Crippen LogP contribution in [-0.2, 0) is 42.6 Å². The number of aryl methyl sites for hydroxylation is 2. The van der Waals surface area contributed by atoms with E-state index in [1.54, 1.807) is 11.9 Å². The number of nitrogens with one attached hydrogen (secondary N) is 1. The van der Waals surface area contributed by atoms with Gasteiger partial charge in [0.05, 0.1) is 11.4 Å². The number of hydrogen-bond donors (Lipinski definition) is 1. The van der Waals surface area contributed by atoms with Gasteiger partial charge < -0.3 is 29.0 Å². The van der Waals surface area contributed by atoms with Crippen LogP contribution in [0, 0.1) is 5.82 Å². The Balaban J connectivity index is 1.26. The van der Waals surface area contributed by atoms with Crippen molar-refractivity contribution in [3.05, 3.63) is 92.9 Å². The lowest BCUT2D eigenvalue weighted by molar-refractivity contribution is -0.142. The molecule has 0 saturated carbocycles. The van der Waals surface area contributed by atoms with Crippen molar-refractivity contribution in [3.63, 3.8) is 0 Å². The van der Waals surface area contributed by atoms with Crippen molar-refractivity contribution in [1.29, 1.82) is 0 Å². The lowest BCUT2D eigenvalue weighted by atomic mass is 9.92. The van der Waals surface area contributed by atoms with Crippen molar-refractivity contribution in [2.75, 3.05) is 36.9 Å². The Bertz CT molecular complexity index is 1910. The van der Waals surface area contributed by atoms with Crippen LogP contribution in [0.5, 0.6) is 0 Å². The lowest BCUT2D eigenvalue weighted by Gasteiger charge is -2.36. The number of ether oxygens (including phenoxy) is 1. The molecule has 0 radical (unpaired) electrons. The molecule has 10 nitrogen and oxygen atoms in total. The summed E-state index contributed by atoms with van der Waals surface area (Å²) in [6.45, 7) is 4.04. The second-order valence-electron chi connectivity index (χ2n) is 12.6. The van der Waals surface area contributed by atoms with Crippen molar-refractivity contribution in [2.24, 2.45) is 7.05 Å². The van der Waals surface area contributed by atoms with Crippen molar-refractivity contribution >= 4 is 29.1 Å². The summed E-state index contributed by atoms with van der Waals surface area (Å²) >= 11 is 0. The summed E-state index contributed by atoms with van der Waals surface area (Å²) in [5.74, 6) is -0.757. The van der Waals surface area contributed by atoms with Gasteiger partial charge in [-0.2, -0.15) is 0 Å². The Labute approximate surface area is 266 Å². The van der Waals surface area contributed by atoms with Crippen LogP contribution >= 0.6 is 0 Å². The molecule has 238 valence electrons. The Morgan fingerprint density at radius 2 is 1.80 bits per heavy atom. The number of carbonyl (C=O) groups excluding carboxylic acids is 2. The number of hydrogen-bond acceptors (Lipinski definition) is 7. The second-order valence-corrected chi connectivity index (χ2v) is 12.6. The maximum atomic E-state index is 15.5. The first-order chi connectivity index (χ1) is 22.2. The van der Waals surface area contributed by atoms with Gasteiger partial charge in [-0.25, -0.2) is 9.37 Å². The van der Waals surface area contributed by atoms with E-state index in [-0.39, 0.29) is 23.9 Å². The Hall–Kier alpha value is -4.77. The van der Waals surface area contributed by atoms with E-state index in [1.165, 1.54) is 46.6 Å². The zero-order valence-electron chi connectivity index (χ0n) is 26.3. The molecule has 1 aliphatic carbocycles. The number of esters is 1. The van der Waals surface area contributed by atoms with Gasteiger partial charge in [0.1, 0.15) is 18.1 Å². The predicted molar refractivity (Wildman–Crippen MR) is 173 cm³/mol. The molecular formula is C35H37FN6O4. The highest BCUT2D eigenvalue weighted by atomic mass is 19.1. The molecule has 1 N–H and O–H groups in total. The average Bonchev–Trinajstić information content (AvgIpc) is 3.41. The number of aromatic nitrogens is 3. The van der Waals surface area contributed by atoms with Gasteiger partial charge >= 0.3 is 5.97 Å². The van der Waals surface area contributed by atoms with Crippen LogP contribution < -0.4 is 15.8 Å². The largest absolute Gasteiger partial charge is 0.461 e. The van der Waals surface area contributed by atoms with Crippen LogP contribution in [0.1, 0.15) is 58.6 Å². The number of amides is 1. The fourth-order valence-corrected chi connectivity index (χ4v) is 6.99. The molecule has 0 bridgehead atoms. The first-order valence-corrected chi connectivity index (χ1v) is 15.8. The number of halogens is 1. The summed E-state index contributed by atoms with van der Waals surface area (Å²) in [4.78, 5) is 47.6. The highest BCUT2D eigenvalue weighted by Gasteiger charge is 2.33. The number of benzene rings is 2. The van der Waals surface area contributed by atoms with Crippen LogP contribution in [0.3, 0.4) is 0 Å². The van der Waals surface area contributed by atoms with Crippen molar-refractivity contribution < 1.29 is 18.7 Å². The molecule has 3 aliphatic rings. The van der Waals surface area contributed by atoms with Crippen LogP contribution in [0.15, 0.2) is 53.5 Å². The van der Waals surface area contributed by atoms with E-state index in [4.69, 9.17) is 4.74 Å². The molecule has 2 aliphatic heterocycles. The third kappa shape index (κ3) is 5.49. The molecular weight excluding hydrogens is 587 g/mol. The molecule has 11 heteroatoms. The summed E-state index contributed by atoms with van der Waals surface area (Å²) in [5.41, 5.74) is 5.95. The minimum atomic E-state index is -0.577. The molecule has 4 aromatic rings. The van der Waals surface area contributed by atoms with Gasteiger partial charge in [0.25, 0.3) is 11.5 Å². The molecule has 4 heterocycles. The smallest absolute Gasteiger partial charge is 0.302 e. The number of rotatable bonds is 7. The summed E-state index contributed by atoms with van der Waals surface area (Å²) < 4.78 is 24.4. The summed E-state index contributed by atoms with van der Waals surface area (Å²) in [5, 5.41) is 3.14. The number of anilines is 3. The van der Waals surface area contributed by atoms with Gasteiger partial charge in [0.2, 0.25) is 0 Å². The van der Waals surface area contributed by atoms with Gasteiger partial charge in [0, 0.05) is 74.8 Å². The monoisotopic (exact) mass is 624 g/mol. The van der Waals surface area contributed by atoms with Crippen LogP contribution in [0.25, 0.3) is 11.3 Å². The van der Waals surface area contributed by atoms with Gasteiger partial charge in [-0.3, -0.25) is 14.4 Å². The van der Waals surface area contributed by atoms with E-state index in [9.17, 15) is 14.4 Å². The summed E-state index contributed by atoms with van der Waals surface area (Å²) in [6, 6.07) is 12.5. The summed E-state index contributed by atoms with van der Waals surface area (Å²) in [6.07, 6.45) is 5.61. The zero-order valence-corrected chi connectivity index (χ0v) is 26.3. The normalized spacial score (nSPS) is 16.5. The number of carbonyl (C=O) groups is 2. The van der Waals surface area contributed by atoms with E-state index < -0.39 is 11.8 Å². The van der Waals surface area contributed by atoms with Crippen molar-refractivity contribution in [3.8, 4) is 11.3 Å². The van der Waals surface area contributed by atoms with Crippen LogP contribution in [-0.4, -0.2) is 57.6 Å². The average molecular weight is 625 g/mol. The molecule has 2 aromatic heterocycles. The van der Waals surface area contributed by atoms with Gasteiger partial charge in [-0.05, 0) is 74.2 Å². The first kappa shape index (κ1) is 29.9. The number of likely N-dealkylation sites (N-methyl/N-ethyl adjacent to an activating group) is 1. The van der Waals surface area contributed by atoms with Gasteiger partial charge in [0.15, 0.2) is 5.82 Å². The summed E-state index contributed by atoms with van der Waals surface area (Å²) in [7, 11) is 3.69. The number of likely N-dealkylation sites (tertiary alicyclic amines) is 1. The molecule has 2 aromatic carbocycles. The molecule has 0 atom stereocenters. The van der Waals surface area contributed by atoms with Crippen LogP contribution in [0.2, 0.25) is 0 Å². The molecule has 0 unspecified atom stereocenters. The van der Waals surface area contributed by atoms with E-state index in [0.29, 0.717) is 52.9 Å². The quantitative estimate of drug-likeness (QED) is 0.296. The predicted octanol–water partition coefficient (Wildman–Crippen LogP) is 4.76. The molecule has 7 rings (SSSR count). The highest BCUT2D eigenvalue weighted by Crippen LogP contribution is 2.36. The molecule has 46 heavy (non-hydrogen) atoms. The lowest BCUT2D eigenvalue weighted by Crippen LogP contribution is -2.41. The fourth-order valence-electron chi connectivity index (χ4n) is 6.99. The maximum Gasteiger partial charge on any atom is 0.302 e. The number of nitrogens with zero attached hydrogens (tertiary/aromatic N) is 5. The van der Waals surface area contributed by atoms with Gasteiger partial charge in [-0.15, -0.1) is 0 Å². The molecule has 1 saturated heterocycles. The third-order valence-corrected chi connectivity index (χ3v) is 9.38. The molecule has 0 spiro atoms. The zero-order chi connectivity index (χ0) is 32.1. The minimum Gasteiger partial charge on any atom is -0.461 e. The molecule has 1 amide bonds. The minimum absolute atomic E-state index is 0.0674.